The Kier molecular flexibility index (Phi) is 6.22. The van der Waals surface area contributed by atoms with Gasteiger partial charge < -0.3 is 8.83 Å². The van der Waals surface area contributed by atoms with Crippen LogP contribution in [-0.4, -0.2) is 9.97 Å². The molecule has 11 rings (SSSR count). The standard InChI is InChI=1S/C48H28N2O2/c1-2-8-30-23-31(16-15-29(30)7-1)32-17-18-34-25-35(20-19-33(34)24-32)36-21-22-44-42(27-36)46-48(52-44)45(49-28-50-46)38-10-5-9-37(26-38)39-12-6-13-41-40-11-3-4-14-43(40)51-47(39)41/h1-28H. The van der Waals surface area contributed by atoms with Gasteiger partial charge in [0.25, 0.3) is 0 Å². The lowest BCUT2D eigenvalue weighted by atomic mass is 9.96. The number of nitrogens with zero attached hydrogens (tertiary/aromatic N) is 2. The van der Waals surface area contributed by atoms with E-state index in [1.807, 2.05) is 24.3 Å². The van der Waals surface area contributed by atoms with Crippen molar-refractivity contribution in [1.82, 2.24) is 9.97 Å². The molecule has 0 fully saturated rings. The maximum Gasteiger partial charge on any atom is 0.180 e. The molecule has 0 N–H and O–H groups in total. The van der Waals surface area contributed by atoms with Crippen molar-refractivity contribution in [1.29, 1.82) is 0 Å². The lowest BCUT2D eigenvalue weighted by Gasteiger charge is -2.08. The second kappa shape index (κ2) is 11.2. The molecule has 0 aliphatic carbocycles. The molecule has 4 heteroatoms. The van der Waals surface area contributed by atoms with E-state index in [1.54, 1.807) is 6.33 Å². The summed E-state index contributed by atoms with van der Waals surface area (Å²) in [6.45, 7) is 0. The van der Waals surface area contributed by atoms with Crippen molar-refractivity contribution < 1.29 is 8.83 Å². The van der Waals surface area contributed by atoms with Gasteiger partial charge in [-0.2, -0.15) is 0 Å². The lowest BCUT2D eigenvalue weighted by molar-refractivity contribution is 0.667. The van der Waals surface area contributed by atoms with Gasteiger partial charge >= 0.3 is 0 Å². The molecule has 0 aliphatic heterocycles. The summed E-state index contributed by atoms with van der Waals surface area (Å²) in [4.78, 5) is 9.46. The van der Waals surface area contributed by atoms with Gasteiger partial charge in [0, 0.05) is 27.3 Å². The van der Waals surface area contributed by atoms with E-state index in [1.165, 1.54) is 32.7 Å². The van der Waals surface area contributed by atoms with E-state index < -0.39 is 0 Å². The van der Waals surface area contributed by atoms with Crippen LogP contribution in [0.2, 0.25) is 0 Å². The van der Waals surface area contributed by atoms with Gasteiger partial charge in [0.05, 0.1) is 0 Å². The Bertz CT molecular complexity index is 3200. The van der Waals surface area contributed by atoms with E-state index in [9.17, 15) is 0 Å². The first-order chi connectivity index (χ1) is 25.7. The maximum absolute atomic E-state index is 6.49. The van der Waals surface area contributed by atoms with Crippen LogP contribution in [0.15, 0.2) is 179 Å². The zero-order chi connectivity index (χ0) is 34.2. The van der Waals surface area contributed by atoms with Crippen LogP contribution in [0, 0.1) is 0 Å². The quantitative estimate of drug-likeness (QED) is 0.188. The van der Waals surface area contributed by atoms with Crippen LogP contribution in [0.5, 0.6) is 0 Å². The van der Waals surface area contributed by atoms with Crippen LogP contribution in [0.1, 0.15) is 0 Å². The first-order valence-electron chi connectivity index (χ1n) is 17.5. The molecule has 0 saturated carbocycles. The highest BCUT2D eigenvalue weighted by molar-refractivity contribution is 6.10. The molecular weight excluding hydrogens is 637 g/mol. The molecular formula is C48H28N2O2. The largest absolute Gasteiger partial charge is 0.455 e. The fourth-order valence-corrected chi connectivity index (χ4v) is 7.74. The number of hydrogen-bond acceptors (Lipinski definition) is 4. The van der Waals surface area contributed by atoms with Gasteiger partial charge in [-0.05, 0) is 91.8 Å². The summed E-state index contributed by atoms with van der Waals surface area (Å²) < 4.78 is 12.9. The second-order valence-corrected chi connectivity index (χ2v) is 13.4. The molecule has 0 saturated heterocycles. The van der Waals surface area contributed by atoms with Gasteiger partial charge in [-0.3, -0.25) is 0 Å². The predicted octanol–water partition coefficient (Wildman–Crippen LogP) is 13.2. The smallest absolute Gasteiger partial charge is 0.180 e. The Morgan fingerprint density at radius 3 is 1.77 bits per heavy atom. The van der Waals surface area contributed by atoms with Crippen LogP contribution in [0.4, 0.5) is 0 Å². The van der Waals surface area contributed by atoms with Gasteiger partial charge in [0.1, 0.15) is 34.3 Å². The molecule has 0 spiro atoms. The molecule has 0 radical (unpaired) electrons. The topological polar surface area (TPSA) is 52.1 Å². The van der Waals surface area contributed by atoms with Crippen molar-refractivity contribution in [2.24, 2.45) is 0 Å². The Balaban J connectivity index is 0.962. The molecule has 242 valence electrons. The minimum Gasteiger partial charge on any atom is -0.455 e. The number of rotatable bonds is 4. The lowest BCUT2D eigenvalue weighted by Crippen LogP contribution is -1.88. The number of para-hydroxylation sites is 2. The Hall–Kier alpha value is -7.04. The molecule has 52 heavy (non-hydrogen) atoms. The third-order valence-corrected chi connectivity index (χ3v) is 10.4. The zero-order valence-corrected chi connectivity index (χ0v) is 27.9. The number of furan rings is 2. The van der Waals surface area contributed by atoms with Crippen molar-refractivity contribution >= 4 is 65.6 Å². The van der Waals surface area contributed by atoms with Gasteiger partial charge in [-0.1, -0.05) is 121 Å². The minimum atomic E-state index is 0.675. The van der Waals surface area contributed by atoms with Gasteiger partial charge in [0.15, 0.2) is 5.58 Å². The molecule has 0 bridgehead atoms. The number of fused-ring (bicyclic) bond motifs is 8. The first kappa shape index (κ1) is 28.8. The fourth-order valence-electron chi connectivity index (χ4n) is 7.74. The summed E-state index contributed by atoms with van der Waals surface area (Å²) >= 11 is 0. The van der Waals surface area contributed by atoms with Crippen molar-refractivity contribution in [2.75, 3.05) is 0 Å². The van der Waals surface area contributed by atoms with Gasteiger partial charge in [-0.15, -0.1) is 0 Å². The SMILES string of the molecule is c1cc(-c2cccc3c2oc2ccccc23)cc(-c2ncnc3c2oc2ccc(-c4ccc5cc(-c6ccc7ccccc7c6)ccc5c4)cc23)c1. The van der Waals surface area contributed by atoms with Crippen LogP contribution in [-0.2, 0) is 0 Å². The summed E-state index contributed by atoms with van der Waals surface area (Å²) in [6, 6.07) is 57.8. The average Bonchev–Trinajstić information content (AvgIpc) is 3.78. The Morgan fingerprint density at radius 1 is 0.346 bits per heavy atom. The normalized spacial score (nSPS) is 11.8. The molecule has 0 amide bonds. The fraction of sp³-hybridized carbons (Fsp3) is 0. The van der Waals surface area contributed by atoms with Crippen molar-refractivity contribution in [3.8, 4) is 44.6 Å². The molecule has 4 nitrogen and oxygen atoms in total. The zero-order valence-electron chi connectivity index (χ0n) is 27.9. The molecule has 0 atom stereocenters. The average molecular weight is 665 g/mol. The Labute approximate surface area is 298 Å². The molecule has 8 aromatic carbocycles. The van der Waals surface area contributed by atoms with Crippen molar-refractivity contribution in [2.45, 2.75) is 0 Å². The summed E-state index contributed by atoms with van der Waals surface area (Å²) in [5.41, 5.74) is 12.5. The van der Waals surface area contributed by atoms with Gasteiger partial charge in [-0.25, -0.2) is 9.97 Å². The highest BCUT2D eigenvalue weighted by atomic mass is 16.3. The number of benzene rings is 8. The highest BCUT2D eigenvalue weighted by Crippen LogP contribution is 2.40. The summed E-state index contributed by atoms with van der Waals surface area (Å²) in [6.07, 6.45) is 1.63. The van der Waals surface area contributed by atoms with Gasteiger partial charge in [0.2, 0.25) is 0 Å². The Morgan fingerprint density at radius 2 is 0.942 bits per heavy atom. The molecule has 3 aromatic heterocycles. The molecule has 11 aromatic rings. The maximum atomic E-state index is 6.49. The molecule has 0 unspecified atom stereocenters. The van der Waals surface area contributed by atoms with E-state index in [0.717, 1.165) is 71.9 Å². The van der Waals surface area contributed by atoms with Crippen LogP contribution in [0.3, 0.4) is 0 Å². The van der Waals surface area contributed by atoms with E-state index in [4.69, 9.17) is 18.8 Å². The third kappa shape index (κ3) is 4.55. The first-order valence-corrected chi connectivity index (χ1v) is 17.5. The molecule has 0 aliphatic rings. The van der Waals surface area contributed by atoms with Crippen LogP contribution < -0.4 is 0 Å². The van der Waals surface area contributed by atoms with Crippen molar-refractivity contribution in [3.05, 3.63) is 170 Å². The van der Waals surface area contributed by atoms with E-state index in [-0.39, 0.29) is 0 Å². The summed E-state index contributed by atoms with van der Waals surface area (Å²) in [5, 5.41) is 8.09. The predicted molar refractivity (Wildman–Crippen MR) is 213 cm³/mol. The van der Waals surface area contributed by atoms with Crippen LogP contribution in [0.25, 0.3) is 110 Å². The van der Waals surface area contributed by atoms with E-state index in [2.05, 4.69) is 140 Å². The summed E-state index contributed by atoms with van der Waals surface area (Å²) in [5.74, 6) is 0. The third-order valence-electron chi connectivity index (χ3n) is 10.4. The number of hydrogen-bond donors (Lipinski definition) is 0. The molecule has 3 heterocycles. The van der Waals surface area contributed by atoms with E-state index in [0.29, 0.717) is 5.58 Å². The highest BCUT2D eigenvalue weighted by Gasteiger charge is 2.18. The minimum absolute atomic E-state index is 0.675. The monoisotopic (exact) mass is 664 g/mol. The van der Waals surface area contributed by atoms with Crippen LogP contribution >= 0.6 is 0 Å². The second-order valence-electron chi connectivity index (χ2n) is 13.4. The number of aromatic nitrogens is 2. The van der Waals surface area contributed by atoms with E-state index >= 15 is 0 Å². The summed E-state index contributed by atoms with van der Waals surface area (Å²) in [7, 11) is 0. The van der Waals surface area contributed by atoms with Crippen molar-refractivity contribution in [3.63, 3.8) is 0 Å².